The molecule has 0 bridgehead atoms. The zero-order valence-electron chi connectivity index (χ0n) is 15.2. The Morgan fingerprint density at radius 1 is 0.889 bits per heavy atom. The Balaban J connectivity index is 1.84. The summed E-state index contributed by atoms with van der Waals surface area (Å²) < 4.78 is 11.6. The summed E-state index contributed by atoms with van der Waals surface area (Å²) in [6, 6.07) is 17.6. The van der Waals surface area contributed by atoms with Crippen molar-refractivity contribution in [3.63, 3.8) is 0 Å². The van der Waals surface area contributed by atoms with E-state index < -0.39 is 23.6 Å². The average Bonchev–Trinajstić information content (AvgIpc) is 2.71. The lowest BCUT2D eigenvalue weighted by Gasteiger charge is -2.37. The molecule has 0 saturated carbocycles. The van der Waals surface area contributed by atoms with Crippen molar-refractivity contribution >= 4 is 11.9 Å². The number of esters is 2. The molecule has 2 aromatic carbocycles. The summed E-state index contributed by atoms with van der Waals surface area (Å²) in [6.45, 7) is 2.00. The van der Waals surface area contributed by atoms with Crippen molar-refractivity contribution in [2.24, 2.45) is 0 Å². The van der Waals surface area contributed by atoms with Gasteiger partial charge in [-0.2, -0.15) is 0 Å². The fraction of sp³-hybridized carbons (Fsp3) is 0.217. The van der Waals surface area contributed by atoms with Gasteiger partial charge in [-0.05, 0) is 42.8 Å². The van der Waals surface area contributed by atoms with Crippen molar-refractivity contribution in [2.75, 3.05) is 0 Å². The minimum absolute atomic E-state index is 0.440. The molecule has 2 atom stereocenters. The molecule has 27 heavy (non-hydrogen) atoms. The van der Waals surface area contributed by atoms with Crippen molar-refractivity contribution in [2.45, 2.75) is 31.5 Å². The summed E-state index contributed by atoms with van der Waals surface area (Å²) in [5.74, 6) is -0.887. The van der Waals surface area contributed by atoms with Gasteiger partial charge in [0.05, 0.1) is 11.1 Å². The maximum absolute atomic E-state index is 12.7. The first kappa shape index (κ1) is 18.6. The minimum Gasteiger partial charge on any atom is -0.450 e. The van der Waals surface area contributed by atoms with Crippen LogP contribution in [0.1, 0.15) is 40.5 Å². The number of carbonyl (C=O) groups is 2. The van der Waals surface area contributed by atoms with Gasteiger partial charge in [0.1, 0.15) is 0 Å². The van der Waals surface area contributed by atoms with Gasteiger partial charge in [-0.1, -0.05) is 61.9 Å². The summed E-state index contributed by atoms with van der Waals surface area (Å²) in [5, 5.41) is 0. The van der Waals surface area contributed by atoms with Gasteiger partial charge >= 0.3 is 11.9 Å². The average molecular weight is 362 g/mol. The first-order valence-electron chi connectivity index (χ1n) is 9.05. The summed E-state index contributed by atoms with van der Waals surface area (Å²) in [5.41, 5.74) is -0.106. The lowest BCUT2D eigenvalue weighted by Crippen LogP contribution is -2.47. The van der Waals surface area contributed by atoms with Crippen molar-refractivity contribution in [1.29, 1.82) is 0 Å². The van der Waals surface area contributed by atoms with E-state index in [-0.39, 0.29) is 0 Å². The Labute approximate surface area is 159 Å². The first-order valence-corrected chi connectivity index (χ1v) is 9.05. The molecule has 0 amide bonds. The normalized spacial score (nSPS) is 20.9. The van der Waals surface area contributed by atoms with Gasteiger partial charge in [0.2, 0.25) is 0 Å². The molecule has 4 nitrogen and oxygen atoms in total. The standard InChI is InChI=1S/C23H22O4/c1-2-16-23(27-22(25)19-13-7-4-8-14-19)17-10-9-15-20(23)26-21(24)18-11-5-3-6-12-18/h3-15,17,20H,2,16H2,1H3. The summed E-state index contributed by atoms with van der Waals surface area (Å²) >= 11 is 0. The molecule has 0 fully saturated rings. The van der Waals surface area contributed by atoms with Gasteiger partial charge in [0.25, 0.3) is 0 Å². The summed E-state index contributed by atoms with van der Waals surface area (Å²) in [4.78, 5) is 25.2. The monoisotopic (exact) mass is 362 g/mol. The van der Waals surface area contributed by atoms with E-state index in [0.717, 1.165) is 6.42 Å². The van der Waals surface area contributed by atoms with E-state index in [9.17, 15) is 9.59 Å². The highest BCUT2D eigenvalue weighted by atomic mass is 16.6. The Hall–Kier alpha value is -3.14. The molecule has 2 unspecified atom stereocenters. The van der Waals surface area contributed by atoms with Crippen LogP contribution in [0.4, 0.5) is 0 Å². The fourth-order valence-electron chi connectivity index (χ4n) is 3.10. The Kier molecular flexibility index (Phi) is 5.87. The molecule has 1 aliphatic carbocycles. The molecule has 2 aromatic rings. The molecule has 0 spiro atoms. The zero-order valence-corrected chi connectivity index (χ0v) is 15.2. The Morgan fingerprint density at radius 3 is 2.07 bits per heavy atom. The smallest absolute Gasteiger partial charge is 0.339 e. The number of ether oxygens (including phenoxy) is 2. The Morgan fingerprint density at radius 2 is 1.48 bits per heavy atom. The summed E-state index contributed by atoms with van der Waals surface area (Å²) in [7, 11) is 0. The molecule has 3 rings (SSSR count). The second-order valence-electron chi connectivity index (χ2n) is 6.40. The van der Waals surface area contributed by atoms with Crippen LogP contribution in [0.2, 0.25) is 0 Å². The van der Waals surface area contributed by atoms with Gasteiger partial charge in [-0.15, -0.1) is 0 Å². The molecule has 0 aromatic heterocycles. The van der Waals surface area contributed by atoms with E-state index in [1.807, 2.05) is 25.1 Å². The lowest BCUT2D eigenvalue weighted by molar-refractivity contribution is -0.0610. The predicted octanol–water partition coefficient (Wildman–Crippen LogP) is 4.73. The topological polar surface area (TPSA) is 52.6 Å². The molecule has 0 heterocycles. The minimum atomic E-state index is -1.03. The molecule has 4 heteroatoms. The van der Waals surface area contributed by atoms with Gasteiger partial charge in [0, 0.05) is 0 Å². The number of hydrogen-bond acceptors (Lipinski definition) is 4. The van der Waals surface area contributed by atoms with Crippen molar-refractivity contribution in [3.05, 3.63) is 96.1 Å². The molecule has 1 aliphatic rings. The van der Waals surface area contributed by atoms with Crippen molar-refractivity contribution < 1.29 is 19.1 Å². The third kappa shape index (κ3) is 4.34. The molecule has 0 N–H and O–H groups in total. The second-order valence-corrected chi connectivity index (χ2v) is 6.40. The van der Waals surface area contributed by atoms with E-state index in [1.165, 1.54) is 0 Å². The number of benzene rings is 2. The maximum atomic E-state index is 12.7. The van der Waals surface area contributed by atoms with Crippen LogP contribution >= 0.6 is 0 Å². The molecular formula is C23H22O4. The quantitative estimate of drug-likeness (QED) is 0.697. The third-order valence-electron chi connectivity index (χ3n) is 4.43. The molecule has 0 aliphatic heterocycles. The van der Waals surface area contributed by atoms with E-state index in [2.05, 4.69) is 0 Å². The molecule has 138 valence electrons. The molecule has 0 radical (unpaired) electrons. The fourth-order valence-corrected chi connectivity index (χ4v) is 3.10. The van der Waals surface area contributed by atoms with Crippen LogP contribution in [0.15, 0.2) is 85.0 Å². The van der Waals surface area contributed by atoms with Crippen LogP contribution < -0.4 is 0 Å². The van der Waals surface area contributed by atoms with E-state index in [1.54, 1.807) is 66.8 Å². The van der Waals surface area contributed by atoms with E-state index in [0.29, 0.717) is 17.5 Å². The third-order valence-corrected chi connectivity index (χ3v) is 4.43. The molecular weight excluding hydrogens is 340 g/mol. The van der Waals surface area contributed by atoms with Crippen LogP contribution in [0, 0.1) is 0 Å². The zero-order chi connectivity index (χ0) is 19.1. The van der Waals surface area contributed by atoms with Crippen LogP contribution in [-0.4, -0.2) is 23.6 Å². The van der Waals surface area contributed by atoms with Crippen molar-refractivity contribution in [1.82, 2.24) is 0 Å². The van der Waals surface area contributed by atoms with Gasteiger partial charge < -0.3 is 9.47 Å². The lowest BCUT2D eigenvalue weighted by atomic mass is 9.87. The van der Waals surface area contributed by atoms with Crippen LogP contribution in [0.5, 0.6) is 0 Å². The van der Waals surface area contributed by atoms with E-state index >= 15 is 0 Å². The number of allylic oxidation sites excluding steroid dienone is 2. The molecule has 0 saturated heterocycles. The van der Waals surface area contributed by atoms with Crippen LogP contribution in [0.3, 0.4) is 0 Å². The second kappa shape index (κ2) is 8.49. The largest absolute Gasteiger partial charge is 0.450 e. The van der Waals surface area contributed by atoms with Crippen molar-refractivity contribution in [3.8, 4) is 0 Å². The van der Waals surface area contributed by atoms with Gasteiger partial charge in [-0.25, -0.2) is 9.59 Å². The number of hydrogen-bond donors (Lipinski definition) is 0. The van der Waals surface area contributed by atoms with Crippen LogP contribution in [0.25, 0.3) is 0 Å². The van der Waals surface area contributed by atoms with Gasteiger partial charge in [-0.3, -0.25) is 0 Å². The summed E-state index contributed by atoms with van der Waals surface area (Å²) in [6.07, 6.45) is 7.80. The highest BCUT2D eigenvalue weighted by molar-refractivity contribution is 5.90. The SMILES string of the molecule is CCCC1(OC(=O)c2ccccc2)C=CC=CC1OC(=O)c1ccccc1. The highest BCUT2D eigenvalue weighted by Gasteiger charge is 2.42. The Bertz CT molecular complexity index is 839. The maximum Gasteiger partial charge on any atom is 0.339 e. The highest BCUT2D eigenvalue weighted by Crippen LogP contribution is 2.32. The predicted molar refractivity (Wildman–Crippen MR) is 103 cm³/mol. The number of carbonyl (C=O) groups excluding carboxylic acids is 2. The first-order chi connectivity index (χ1) is 13.1. The van der Waals surface area contributed by atoms with E-state index in [4.69, 9.17) is 9.47 Å². The van der Waals surface area contributed by atoms with Crippen LogP contribution in [-0.2, 0) is 9.47 Å². The van der Waals surface area contributed by atoms with Gasteiger partial charge in [0.15, 0.2) is 11.7 Å². The number of rotatable bonds is 6.